The van der Waals surface area contributed by atoms with Gasteiger partial charge in [-0.1, -0.05) is 0 Å². The van der Waals surface area contributed by atoms with Gasteiger partial charge in [-0.2, -0.15) is 0 Å². The zero-order valence-electron chi connectivity index (χ0n) is 10.7. The number of anilines is 1. The van der Waals surface area contributed by atoms with E-state index in [-0.39, 0.29) is 23.7 Å². The molecule has 0 aromatic carbocycles. The average Bonchev–Trinajstić information content (AvgIpc) is 2.27. The van der Waals surface area contributed by atoms with Crippen LogP contribution in [-0.4, -0.2) is 28.9 Å². The number of pyridine rings is 1. The first-order chi connectivity index (χ1) is 8.40. The Labute approximate surface area is 106 Å². The number of carbonyl (C=O) groups is 2. The van der Waals surface area contributed by atoms with Crippen LogP contribution in [0.5, 0.6) is 0 Å². The van der Waals surface area contributed by atoms with E-state index in [1.165, 1.54) is 12.3 Å². The summed E-state index contributed by atoms with van der Waals surface area (Å²) >= 11 is 0. The second kappa shape index (κ2) is 6.00. The number of nitrogens with zero attached hydrogens (tertiary/aromatic N) is 1. The Morgan fingerprint density at radius 2 is 1.94 bits per heavy atom. The van der Waals surface area contributed by atoms with E-state index < -0.39 is 6.04 Å². The van der Waals surface area contributed by atoms with Crippen LogP contribution in [0.1, 0.15) is 31.1 Å². The zero-order valence-corrected chi connectivity index (χ0v) is 10.7. The van der Waals surface area contributed by atoms with E-state index in [4.69, 9.17) is 5.73 Å². The summed E-state index contributed by atoms with van der Waals surface area (Å²) in [7, 11) is 0. The highest BCUT2D eigenvalue weighted by molar-refractivity contribution is 5.97. The number of nitrogens with one attached hydrogen (secondary N) is 2. The SMILES string of the molecule is CC(C)NC(=O)C(C)NC(=O)c1ccnc(N)c1. The lowest BCUT2D eigenvalue weighted by Crippen LogP contribution is -2.46. The molecule has 0 aliphatic carbocycles. The predicted octanol–water partition coefficient (Wildman–Crippen LogP) is 0.307. The van der Waals surface area contributed by atoms with Crippen molar-refractivity contribution in [3.63, 3.8) is 0 Å². The molecule has 0 fully saturated rings. The molecule has 4 N–H and O–H groups in total. The molecule has 18 heavy (non-hydrogen) atoms. The van der Waals surface area contributed by atoms with E-state index in [1.807, 2.05) is 13.8 Å². The third kappa shape index (κ3) is 4.04. The summed E-state index contributed by atoms with van der Waals surface area (Å²) in [5.41, 5.74) is 5.86. The summed E-state index contributed by atoms with van der Waals surface area (Å²) in [6.45, 7) is 5.34. The summed E-state index contributed by atoms with van der Waals surface area (Å²) in [6, 6.07) is 2.43. The molecule has 0 aliphatic heterocycles. The van der Waals surface area contributed by atoms with Gasteiger partial charge in [-0.15, -0.1) is 0 Å². The quantitative estimate of drug-likeness (QED) is 0.716. The van der Waals surface area contributed by atoms with Crippen molar-refractivity contribution >= 4 is 17.6 Å². The van der Waals surface area contributed by atoms with Gasteiger partial charge in [-0.25, -0.2) is 4.98 Å². The normalized spacial score (nSPS) is 12.0. The van der Waals surface area contributed by atoms with E-state index in [1.54, 1.807) is 13.0 Å². The topological polar surface area (TPSA) is 97.1 Å². The van der Waals surface area contributed by atoms with Crippen molar-refractivity contribution in [3.8, 4) is 0 Å². The Balaban J connectivity index is 2.62. The van der Waals surface area contributed by atoms with Crippen molar-refractivity contribution in [2.75, 3.05) is 5.73 Å². The molecule has 1 unspecified atom stereocenters. The average molecular weight is 250 g/mol. The van der Waals surface area contributed by atoms with Crippen LogP contribution < -0.4 is 16.4 Å². The molecule has 6 nitrogen and oxygen atoms in total. The number of rotatable bonds is 4. The minimum Gasteiger partial charge on any atom is -0.384 e. The summed E-state index contributed by atoms with van der Waals surface area (Å²) in [5.74, 6) is -0.308. The van der Waals surface area contributed by atoms with Gasteiger partial charge < -0.3 is 16.4 Å². The fourth-order valence-electron chi connectivity index (χ4n) is 1.34. The summed E-state index contributed by atoms with van der Waals surface area (Å²) in [4.78, 5) is 27.2. The highest BCUT2D eigenvalue weighted by Crippen LogP contribution is 2.03. The van der Waals surface area contributed by atoms with Crippen LogP contribution in [0.15, 0.2) is 18.3 Å². The lowest BCUT2D eigenvalue weighted by Gasteiger charge is -2.16. The molecular weight excluding hydrogens is 232 g/mol. The fourth-order valence-corrected chi connectivity index (χ4v) is 1.34. The predicted molar refractivity (Wildman–Crippen MR) is 68.9 cm³/mol. The second-order valence-corrected chi connectivity index (χ2v) is 4.33. The third-order valence-electron chi connectivity index (χ3n) is 2.22. The third-order valence-corrected chi connectivity index (χ3v) is 2.22. The fraction of sp³-hybridized carbons (Fsp3) is 0.417. The van der Waals surface area contributed by atoms with Crippen molar-refractivity contribution in [1.29, 1.82) is 0 Å². The van der Waals surface area contributed by atoms with Crippen LogP contribution in [0.25, 0.3) is 0 Å². The maximum absolute atomic E-state index is 11.8. The summed E-state index contributed by atoms with van der Waals surface area (Å²) in [6.07, 6.45) is 1.45. The first-order valence-electron chi connectivity index (χ1n) is 5.73. The highest BCUT2D eigenvalue weighted by Gasteiger charge is 2.17. The van der Waals surface area contributed by atoms with Gasteiger partial charge in [0, 0.05) is 17.8 Å². The van der Waals surface area contributed by atoms with Crippen LogP contribution in [0, 0.1) is 0 Å². The van der Waals surface area contributed by atoms with Crippen LogP contribution in [0.3, 0.4) is 0 Å². The zero-order chi connectivity index (χ0) is 13.7. The van der Waals surface area contributed by atoms with E-state index in [9.17, 15) is 9.59 Å². The molecule has 1 aromatic heterocycles. The Hall–Kier alpha value is -2.11. The highest BCUT2D eigenvalue weighted by atomic mass is 16.2. The van der Waals surface area contributed by atoms with Crippen LogP contribution in [0.2, 0.25) is 0 Å². The largest absolute Gasteiger partial charge is 0.384 e. The van der Waals surface area contributed by atoms with Gasteiger partial charge in [0.1, 0.15) is 11.9 Å². The molecule has 98 valence electrons. The number of hydrogen-bond acceptors (Lipinski definition) is 4. The molecule has 2 amide bonds. The van der Waals surface area contributed by atoms with E-state index in [0.29, 0.717) is 5.56 Å². The molecule has 0 radical (unpaired) electrons. The second-order valence-electron chi connectivity index (χ2n) is 4.33. The monoisotopic (exact) mass is 250 g/mol. The van der Waals surface area contributed by atoms with E-state index in [0.717, 1.165) is 0 Å². The number of hydrogen-bond donors (Lipinski definition) is 3. The Kier molecular flexibility index (Phi) is 4.65. The Morgan fingerprint density at radius 3 is 2.50 bits per heavy atom. The van der Waals surface area contributed by atoms with Crippen LogP contribution >= 0.6 is 0 Å². The maximum atomic E-state index is 11.8. The summed E-state index contributed by atoms with van der Waals surface area (Å²) < 4.78 is 0. The van der Waals surface area contributed by atoms with Crippen LogP contribution in [0.4, 0.5) is 5.82 Å². The number of nitrogen functional groups attached to an aromatic ring is 1. The van der Waals surface area contributed by atoms with Gasteiger partial charge in [-0.05, 0) is 32.9 Å². The van der Waals surface area contributed by atoms with Crippen LogP contribution in [-0.2, 0) is 4.79 Å². The van der Waals surface area contributed by atoms with Crippen molar-refractivity contribution in [2.24, 2.45) is 0 Å². The molecule has 1 rings (SSSR count). The standard InChI is InChI=1S/C12H18N4O2/c1-7(2)15-11(17)8(3)16-12(18)9-4-5-14-10(13)6-9/h4-8H,1-3H3,(H2,13,14)(H,15,17)(H,16,18). The van der Waals surface area contributed by atoms with E-state index in [2.05, 4.69) is 15.6 Å². The maximum Gasteiger partial charge on any atom is 0.252 e. The molecular formula is C12H18N4O2. The number of amides is 2. The Morgan fingerprint density at radius 1 is 1.28 bits per heavy atom. The van der Waals surface area contributed by atoms with Gasteiger partial charge >= 0.3 is 0 Å². The van der Waals surface area contributed by atoms with Gasteiger partial charge in [0.2, 0.25) is 5.91 Å². The van der Waals surface area contributed by atoms with Gasteiger partial charge in [0.25, 0.3) is 5.91 Å². The first kappa shape index (κ1) is 14.0. The molecule has 6 heteroatoms. The summed E-state index contributed by atoms with van der Waals surface area (Å²) in [5, 5.41) is 5.31. The van der Waals surface area contributed by atoms with Crippen molar-refractivity contribution < 1.29 is 9.59 Å². The number of carbonyl (C=O) groups excluding carboxylic acids is 2. The van der Waals surface area contributed by atoms with Crippen molar-refractivity contribution in [3.05, 3.63) is 23.9 Å². The molecule has 1 aromatic rings. The van der Waals surface area contributed by atoms with Gasteiger partial charge in [0.05, 0.1) is 0 Å². The molecule has 0 bridgehead atoms. The van der Waals surface area contributed by atoms with Crippen molar-refractivity contribution in [1.82, 2.24) is 15.6 Å². The van der Waals surface area contributed by atoms with Gasteiger partial charge in [-0.3, -0.25) is 9.59 Å². The van der Waals surface area contributed by atoms with Gasteiger partial charge in [0.15, 0.2) is 0 Å². The van der Waals surface area contributed by atoms with Crippen molar-refractivity contribution in [2.45, 2.75) is 32.9 Å². The minimum absolute atomic E-state index is 0.0356. The molecule has 0 saturated heterocycles. The molecule has 0 aliphatic rings. The lowest BCUT2D eigenvalue weighted by molar-refractivity contribution is -0.123. The Bertz CT molecular complexity index is 445. The number of aromatic nitrogens is 1. The molecule has 0 saturated carbocycles. The molecule has 0 spiro atoms. The minimum atomic E-state index is -0.603. The number of nitrogens with two attached hydrogens (primary N) is 1. The first-order valence-corrected chi connectivity index (χ1v) is 5.73. The molecule has 1 heterocycles. The molecule has 1 atom stereocenters. The smallest absolute Gasteiger partial charge is 0.252 e. The van der Waals surface area contributed by atoms with E-state index >= 15 is 0 Å². The lowest BCUT2D eigenvalue weighted by atomic mass is 10.2.